The SMILES string of the molecule is C=CC(=O)NC(Cc1ccc(OC)c(Cl)c1)C(=O)NCC(C)(CO)C(=O)O. The largest absolute Gasteiger partial charge is 0.495 e. The number of nitrogens with one attached hydrogen (secondary N) is 2. The number of halogens is 1. The lowest BCUT2D eigenvalue weighted by atomic mass is 9.92. The average molecular weight is 399 g/mol. The zero-order chi connectivity index (χ0) is 20.6. The lowest BCUT2D eigenvalue weighted by Gasteiger charge is -2.24. The van der Waals surface area contributed by atoms with Gasteiger partial charge in [0, 0.05) is 13.0 Å². The Morgan fingerprint density at radius 2 is 2.07 bits per heavy atom. The minimum absolute atomic E-state index is 0.109. The van der Waals surface area contributed by atoms with Crippen LogP contribution in [0.5, 0.6) is 5.75 Å². The summed E-state index contributed by atoms with van der Waals surface area (Å²) >= 11 is 6.08. The molecule has 9 heteroatoms. The molecule has 0 heterocycles. The van der Waals surface area contributed by atoms with Crippen LogP contribution in [0.3, 0.4) is 0 Å². The van der Waals surface area contributed by atoms with E-state index in [2.05, 4.69) is 17.2 Å². The van der Waals surface area contributed by atoms with Crippen molar-refractivity contribution in [2.75, 3.05) is 20.3 Å². The lowest BCUT2D eigenvalue weighted by molar-refractivity contribution is -0.150. The van der Waals surface area contributed by atoms with Crippen molar-refractivity contribution in [1.29, 1.82) is 0 Å². The van der Waals surface area contributed by atoms with Crippen molar-refractivity contribution in [2.24, 2.45) is 5.41 Å². The van der Waals surface area contributed by atoms with E-state index in [4.69, 9.17) is 21.4 Å². The van der Waals surface area contributed by atoms with Crippen molar-refractivity contribution in [3.05, 3.63) is 41.4 Å². The number of hydrogen-bond donors (Lipinski definition) is 4. The van der Waals surface area contributed by atoms with Gasteiger partial charge in [0.15, 0.2) is 0 Å². The Labute approximate surface area is 162 Å². The second kappa shape index (κ2) is 9.94. The van der Waals surface area contributed by atoms with E-state index in [0.29, 0.717) is 16.3 Å². The average Bonchev–Trinajstić information content (AvgIpc) is 2.65. The molecule has 0 bridgehead atoms. The molecule has 8 nitrogen and oxygen atoms in total. The Balaban J connectivity index is 2.94. The number of aliphatic carboxylic acids is 1. The Morgan fingerprint density at radius 1 is 1.41 bits per heavy atom. The third kappa shape index (κ3) is 6.26. The van der Waals surface area contributed by atoms with Crippen LogP contribution >= 0.6 is 11.6 Å². The molecule has 4 N–H and O–H groups in total. The third-order valence-corrected chi connectivity index (χ3v) is 4.29. The molecule has 0 aromatic heterocycles. The van der Waals surface area contributed by atoms with Crippen LogP contribution in [-0.2, 0) is 20.8 Å². The van der Waals surface area contributed by atoms with Crippen LogP contribution in [0.15, 0.2) is 30.9 Å². The molecule has 1 aromatic carbocycles. The quantitative estimate of drug-likeness (QED) is 0.431. The van der Waals surface area contributed by atoms with Gasteiger partial charge >= 0.3 is 5.97 Å². The molecule has 148 valence electrons. The molecule has 27 heavy (non-hydrogen) atoms. The standard InChI is InChI=1S/C18H23ClN2O6/c1-4-15(23)21-13(8-11-5-6-14(27-3)12(19)7-11)16(24)20-9-18(2,10-22)17(25)26/h4-7,13,22H,1,8-10H2,2-3H3,(H,20,24)(H,21,23)(H,25,26). The third-order valence-electron chi connectivity index (χ3n) is 3.99. The summed E-state index contributed by atoms with van der Waals surface area (Å²) in [7, 11) is 1.47. The maximum Gasteiger partial charge on any atom is 0.313 e. The number of methoxy groups -OCH3 is 1. The molecular formula is C18H23ClN2O6. The Morgan fingerprint density at radius 3 is 2.56 bits per heavy atom. The van der Waals surface area contributed by atoms with E-state index < -0.39 is 35.8 Å². The number of carboxylic acid groups (broad SMARTS) is 1. The number of benzene rings is 1. The molecule has 0 aliphatic heterocycles. The molecule has 0 aliphatic carbocycles. The van der Waals surface area contributed by atoms with Gasteiger partial charge in [-0.25, -0.2) is 0 Å². The summed E-state index contributed by atoms with van der Waals surface area (Å²) in [6.07, 6.45) is 1.13. The molecule has 1 rings (SSSR count). The fraction of sp³-hybridized carbons (Fsp3) is 0.389. The van der Waals surface area contributed by atoms with Crippen molar-refractivity contribution < 1.29 is 29.3 Å². The van der Waals surface area contributed by atoms with Gasteiger partial charge in [-0.2, -0.15) is 0 Å². The van der Waals surface area contributed by atoms with Gasteiger partial charge < -0.3 is 25.6 Å². The monoisotopic (exact) mass is 398 g/mol. The molecule has 0 aliphatic rings. The fourth-order valence-electron chi connectivity index (χ4n) is 2.12. The summed E-state index contributed by atoms with van der Waals surface area (Å²) in [6.45, 7) is 3.69. The first-order valence-electron chi connectivity index (χ1n) is 8.04. The number of rotatable bonds is 10. The first kappa shape index (κ1) is 22.5. The van der Waals surface area contributed by atoms with E-state index in [-0.39, 0.29) is 13.0 Å². The highest BCUT2D eigenvalue weighted by Crippen LogP contribution is 2.25. The number of amides is 2. The molecule has 0 radical (unpaired) electrons. The van der Waals surface area contributed by atoms with E-state index in [9.17, 15) is 19.5 Å². The maximum absolute atomic E-state index is 12.5. The molecule has 0 saturated heterocycles. The van der Waals surface area contributed by atoms with E-state index in [1.165, 1.54) is 14.0 Å². The van der Waals surface area contributed by atoms with Crippen molar-refractivity contribution in [1.82, 2.24) is 10.6 Å². The zero-order valence-corrected chi connectivity index (χ0v) is 15.9. The van der Waals surface area contributed by atoms with Gasteiger partial charge in [-0.15, -0.1) is 0 Å². The van der Waals surface area contributed by atoms with Crippen LogP contribution in [0.2, 0.25) is 5.02 Å². The van der Waals surface area contributed by atoms with Crippen LogP contribution in [0.25, 0.3) is 0 Å². The predicted octanol–water partition coefficient (Wildman–Crippen LogP) is 0.761. The molecule has 0 spiro atoms. The van der Waals surface area contributed by atoms with Gasteiger partial charge in [-0.3, -0.25) is 14.4 Å². The number of carbonyl (C=O) groups excluding carboxylic acids is 2. The predicted molar refractivity (Wildman–Crippen MR) is 99.7 cm³/mol. The van der Waals surface area contributed by atoms with E-state index in [0.717, 1.165) is 6.08 Å². The zero-order valence-electron chi connectivity index (χ0n) is 15.1. The second-order valence-corrected chi connectivity index (χ2v) is 6.59. The molecule has 2 unspecified atom stereocenters. The van der Waals surface area contributed by atoms with Crippen LogP contribution in [-0.4, -0.2) is 54.3 Å². The van der Waals surface area contributed by atoms with E-state index in [1.54, 1.807) is 18.2 Å². The van der Waals surface area contributed by atoms with E-state index >= 15 is 0 Å². The molecule has 2 atom stereocenters. The van der Waals surface area contributed by atoms with Gasteiger partial charge in [0.25, 0.3) is 0 Å². The van der Waals surface area contributed by atoms with E-state index in [1.807, 2.05) is 0 Å². The number of carboxylic acids is 1. The number of aliphatic hydroxyl groups is 1. The van der Waals surface area contributed by atoms with Gasteiger partial charge in [-0.1, -0.05) is 24.2 Å². The summed E-state index contributed by atoms with van der Waals surface area (Å²) in [5, 5.41) is 23.7. The molecule has 1 aromatic rings. The highest BCUT2D eigenvalue weighted by Gasteiger charge is 2.34. The smallest absolute Gasteiger partial charge is 0.313 e. The number of ether oxygens (including phenoxy) is 1. The van der Waals surface area contributed by atoms with Crippen LogP contribution in [0.4, 0.5) is 0 Å². The van der Waals surface area contributed by atoms with Crippen LogP contribution in [0, 0.1) is 5.41 Å². The highest BCUT2D eigenvalue weighted by molar-refractivity contribution is 6.32. The van der Waals surface area contributed by atoms with Crippen molar-refractivity contribution in [3.63, 3.8) is 0 Å². The Hall–Kier alpha value is -2.58. The summed E-state index contributed by atoms with van der Waals surface area (Å²) in [6, 6.07) is 3.95. The topological polar surface area (TPSA) is 125 Å². The summed E-state index contributed by atoms with van der Waals surface area (Å²) < 4.78 is 5.07. The summed E-state index contributed by atoms with van der Waals surface area (Å²) in [4.78, 5) is 35.4. The summed E-state index contributed by atoms with van der Waals surface area (Å²) in [5.74, 6) is -1.94. The minimum atomic E-state index is -1.54. The maximum atomic E-state index is 12.5. The number of hydrogen-bond acceptors (Lipinski definition) is 5. The van der Waals surface area contributed by atoms with Gasteiger partial charge in [0.1, 0.15) is 17.2 Å². The van der Waals surface area contributed by atoms with Crippen molar-refractivity contribution in [3.8, 4) is 5.75 Å². The van der Waals surface area contributed by atoms with Gasteiger partial charge in [0.05, 0.1) is 18.7 Å². The first-order chi connectivity index (χ1) is 12.7. The first-order valence-corrected chi connectivity index (χ1v) is 8.42. The fourth-order valence-corrected chi connectivity index (χ4v) is 2.40. The van der Waals surface area contributed by atoms with Crippen LogP contribution < -0.4 is 15.4 Å². The molecule has 0 fully saturated rings. The van der Waals surface area contributed by atoms with Crippen LogP contribution in [0.1, 0.15) is 12.5 Å². The minimum Gasteiger partial charge on any atom is -0.495 e. The van der Waals surface area contributed by atoms with Crippen molar-refractivity contribution in [2.45, 2.75) is 19.4 Å². The van der Waals surface area contributed by atoms with Gasteiger partial charge in [0.2, 0.25) is 11.8 Å². The summed E-state index contributed by atoms with van der Waals surface area (Å²) in [5.41, 5.74) is -0.875. The Bertz CT molecular complexity index is 724. The molecule has 0 saturated carbocycles. The second-order valence-electron chi connectivity index (χ2n) is 6.18. The highest BCUT2D eigenvalue weighted by atomic mass is 35.5. The lowest BCUT2D eigenvalue weighted by Crippen LogP contribution is -2.51. The van der Waals surface area contributed by atoms with Gasteiger partial charge in [-0.05, 0) is 30.7 Å². The Kier molecular flexibility index (Phi) is 8.27. The van der Waals surface area contributed by atoms with Crippen molar-refractivity contribution >= 4 is 29.4 Å². The molecular weight excluding hydrogens is 376 g/mol. The normalized spacial score (nSPS) is 13.8. The number of aliphatic hydroxyl groups excluding tert-OH is 1. The molecule has 2 amide bonds. The number of carbonyl (C=O) groups is 3.